The molecule has 0 radical (unpaired) electrons. The molecule has 2 heterocycles. The topological polar surface area (TPSA) is 82.6 Å². The SMILES string of the molecule is CCC(=O)Nc1nc2c(s1)C(=O)C[C@@H](C(=O)N1CCN(c3ccc(F)cc3)CC1)C2. The molecule has 1 N–H and O–H groups in total. The Morgan fingerprint density at radius 1 is 1.17 bits per heavy atom. The van der Waals surface area contributed by atoms with Gasteiger partial charge < -0.3 is 15.1 Å². The van der Waals surface area contributed by atoms with Crippen LogP contribution in [0.15, 0.2) is 24.3 Å². The number of Topliss-reactive ketones (excluding diaryl/α,β-unsaturated/α-hetero) is 1. The first-order valence-corrected chi connectivity index (χ1v) is 10.9. The molecule has 158 valence electrons. The first-order chi connectivity index (χ1) is 14.4. The van der Waals surface area contributed by atoms with Gasteiger partial charge >= 0.3 is 0 Å². The fourth-order valence-electron chi connectivity index (χ4n) is 3.86. The summed E-state index contributed by atoms with van der Waals surface area (Å²) in [7, 11) is 0. The number of nitrogens with zero attached hydrogens (tertiary/aromatic N) is 3. The van der Waals surface area contributed by atoms with Crippen LogP contribution in [0.1, 0.15) is 35.1 Å². The van der Waals surface area contributed by atoms with Crippen molar-refractivity contribution in [2.75, 3.05) is 36.4 Å². The zero-order chi connectivity index (χ0) is 21.3. The highest BCUT2D eigenvalue weighted by Crippen LogP contribution is 2.33. The summed E-state index contributed by atoms with van der Waals surface area (Å²) in [6.07, 6.45) is 0.924. The van der Waals surface area contributed by atoms with Crippen LogP contribution in [0.2, 0.25) is 0 Å². The van der Waals surface area contributed by atoms with E-state index < -0.39 is 5.92 Å². The lowest BCUT2D eigenvalue weighted by atomic mass is 9.88. The largest absolute Gasteiger partial charge is 0.368 e. The minimum Gasteiger partial charge on any atom is -0.368 e. The van der Waals surface area contributed by atoms with E-state index >= 15 is 0 Å². The Morgan fingerprint density at radius 3 is 2.53 bits per heavy atom. The van der Waals surface area contributed by atoms with Crippen molar-refractivity contribution in [3.8, 4) is 0 Å². The van der Waals surface area contributed by atoms with Crippen LogP contribution in [-0.2, 0) is 16.0 Å². The summed E-state index contributed by atoms with van der Waals surface area (Å²) < 4.78 is 13.1. The molecule has 1 aliphatic heterocycles. The highest BCUT2D eigenvalue weighted by atomic mass is 32.1. The third kappa shape index (κ3) is 4.21. The lowest BCUT2D eigenvalue weighted by Gasteiger charge is -2.38. The van der Waals surface area contributed by atoms with Gasteiger partial charge in [-0.05, 0) is 24.3 Å². The van der Waals surface area contributed by atoms with E-state index in [4.69, 9.17) is 0 Å². The monoisotopic (exact) mass is 430 g/mol. The number of thiazole rings is 1. The molecule has 1 aromatic carbocycles. The molecular formula is C21H23FN4O3S. The second-order valence-corrected chi connectivity index (χ2v) is 8.51. The van der Waals surface area contributed by atoms with Crippen LogP contribution >= 0.6 is 11.3 Å². The number of amides is 2. The van der Waals surface area contributed by atoms with Crippen LogP contribution in [0, 0.1) is 11.7 Å². The van der Waals surface area contributed by atoms with Crippen molar-refractivity contribution in [2.45, 2.75) is 26.2 Å². The zero-order valence-electron chi connectivity index (χ0n) is 16.7. The van der Waals surface area contributed by atoms with Crippen molar-refractivity contribution in [3.05, 3.63) is 40.7 Å². The smallest absolute Gasteiger partial charge is 0.226 e. The van der Waals surface area contributed by atoms with Crippen LogP contribution in [-0.4, -0.2) is 53.7 Å². The fourth-order valence-corrected chi connectivity index (χ4v) is 4.82. The van der Waals surface area contributed by atoms with Gasteiger partial charge in [-0.25, -0.2) is 9.37 Å². The van der Waals surface area contributed by atoms with Gasteiger partial charge in [0.25, 0.3) is 0 Å². The van der Waals surface area contributed by atoms with Gasteiger partial charge in [0.2, 0.25) is 11.8 Å². The third-order valence-electron chi connectivity index (χ3n) is 5.52. The zero-order valence-corrected chi connectivity index (χ0v) is 17.5. The Kier molecular flexibility index (Phi) is 5.80. The number of nitrogens with one attached hydrogen (secondary N) is 1. The number of piperazine rings is 1. The first-order valence-electron chi connectivity index (χ1n) is 10.1. The number of ketones is 1. The van der Waals surface area contributed by atoms with Crippen LogP contribution < -0.4 is 10.2 Å². The molecule has 0 saturated carbocycles. The molecule has 2 amide bonds. The number of carbonyl (C=O) groups is 3. The summed E-state index contributed by atoms with van der Waals surface area (Å²) in [5.41, 5.74) is 1.54. The molecule has 4 rings (SSSR count). The average Bonchev–Trinajstić information content (AvgIpc) is 3.16. The molecule has 30 heavy (non-hydrogen) atoms. The molecule has 1 aromatic heterocycles. The summed E-state index contributed by atoms with van der Waals surface area (Å²) in [5, 5.41) is 3.11. The van der Waals surface area contributed by atoms with Crippen molar-refractivity contribution >= 4 is 39.8 Å². The number of hydrogen-bond donors (Lipinski definition) is 1. The first kappa shape index (κ1) is 20.5. The predicted molar refractivity (Wildman–Crippen MR) is 112 cm³/mol. The second-order valence-electron chi connectivity index (χ2n) is 7.51. The van der Waals surface area contributed by atoms with Crippen LogP contribution in [0.4, 0.5) is 15.2 Å². The van der Waals surface area contributed by atoms with Crippen molar-refractivity contribution in [3.63, 3.8) is 0 Å². The molecule has 2 aromatic rings. The fraction of sp³-hybridized carbons (Fsp3) is 0.429. The quantitative estimate of drug-likeness (QED) is 0.807. The molecule has 0 unspecified atom stereocenters. The number of benzene rings is 1. The van der Waals surface area contributed by atoms with E-state index in [1.54, 1.807) is 24.0 Å². The van der Waals surface area contributed by atoms with E-state index in [-0.39, 0.29) is 29.8 Å². The van der Waals surface area contributed by atoms with E-state index in [1.165, 1.54) is 23.5 Å². The molecule has 1 aliphatic carbocycles. The van der Waals surface area contributed by atoms with Gasteiger partial charge in [0.05, 0.1) is 16.5 Å². The molecule has 0 bridgehead atoms. The van der Waals surface area contributed by atoms with Gasteiger partial charge in [-0.3, -0.25) is 14.4 Å². The number of hydrogen-bond acceptors (Lipinski definition) is 6. The number of aromatic nitrogens is 1. The maximum Gasteiger partial charge on any atom is 0.226 e. The minimum absolute atomic E-state index is 0.0279. The number of fused-ring (bicyclic) bond motifs is 1. The third-order valence-corrected chi connectivity index (χ3v) is 6.58. The van der Waals surface area contributed by atoms with Crippen LogP contribution in [0.3, 0.4) is 0 Å². The Balaban J connectivity index is 1.38. The van der Waals surface area contributed by atoms with Crippen molar-refractivity contribution in [1.82, 2.24) is 9.88 Å². The van der Waals surface area contributed by atoms with Gasteiger partial charge in [-0.2, -0.15) is 0 Å². The van der Waals surface area contributed by atoms with Crippen molar-refractivity contribution in [1.29, 1.82) is 0 Å². The van der Waals surface area contributed by atoms with Crippen molar-refractivity contribution in [2.24, 2.45) is 5.92 Å². The van der Waals surface area contributed by atoms with Gasteiger partial charge in [0.15, 0.2) is 10.9 Å². The molecular weight excluding hydrogens is 407 g/mol. The standard InChI is InChI=1S/C21H23FN4O3S/c1-2-18(28)24-21-23-16-11-13(12-17(27)19(16)30-21)20(29)26-9-7-25(8-10-26)15-5-3-14(22)4-6-15/h3-6,13H,2,7-12H2,1H3,(H,23,24,28)/t13-/m0/s1. The molecule has 1 atom stereocenters. The lowest BCUT2D eigenvalue weighted by Crippen LogP contribution is -2.51. The summed E-state index contributed by atoms with van der Waals surface area (Å²) in [6.45, 7) is 4.18. The minimum atomic E-state index is -0.417. The Bertz CT molecular complexity index is 967. The van der Waals surface area contributed by atoms with E-state index in [0.717, 1.165) is 5.69 Å². The van der Waals surface area contributed by atoms with Gasteiger partial charge in [0, 0.05) is 51.1 Å². The summed E-state index contributed by atoms with van der Waals surface area (Å²) in [4.78, 5) is 46.0. The maximum absolute atomic E-state index is 13.1. The molecule has 1 fully saturated rings. The van der Waals surface area contributed by atoms with E-state index in [2.05, 4.69) is 15.2 Å². The Labute approximate surface area is 177 Å². The van der Waals surface area contributed by atoms with E-state index in [9.17, 15) is 18.8 Å². The molecule has 2 aliphatic rings. The summed E-state index contributed by atoms with van der Waals surface area (Å²) in [5.74, 6) is -0.957. The van der Waals surface area contributed by atoms with Crippen molar-refractivity contribution < 1.29 is 18.8 Å². The number of halogens is 1. The highest BCUT2D eigenvalue weighted by molar-refractivity contribution is 7.17. The normalized spacial score (nSPS) is 18.9. The second kappa shape index (κ2) is 8.51. The maximum atomic E-state index is 13.1. The van der Waals surface area contributed by atoms with E-state index in [1.807, 2.05) is 0 Å². The lowest BCUT2D eigenvalue weighted by molar-refractivity contribution is -0.135. The number of carbonyl (C=O) groups excluding carboxylic acids is 3. The molecule has 1 saturated heterocycles. The molecule has 0 spiro atoms. The van der Waals surface area contributed by atoms with Gasteiger partial charge in [-0.1, -0.05) is 18.3 Å². The van der Waals surface area contributed by atoms with Gasteiger partial charge in [0.1, 0.15) is 5.82 Å². The average molecular weight is 431 g/mol. The van der Waals surface area contributed by atoms with Gasteiger partial charge in [-0.15, -0.1) is 0 Å². The Hall–Kier alpha value is -2.81. The summed E-state index contributed by atoms with van der Waals surface area (Å²) >= 11 is 1.18. The summed E-state index contributed by atoms with van der Waals surface area (Å²) in [6, 6.07) is 6.35. The number of rotatable bonds is 4. The Morgan fingerprint density at radius 2 is 1.87 bits per heavy atom. The van der Waals surface area contributed by atoms with E-state index in [0.29, 0.717) is 54.7 Å². The van der Waals surface area contributed by atoms with Crippen LogP contribution in [0.25, 0.3) is 0 Å². The van der Waals surface area contributed by atoms with Crippen LogP contribution in [0.5, 0.6) is 0 Å². The highest BCUT2D eigenvalue weighted by Gasteiger charge is 2.36. The molecule has 7 nitrogen and oxygen atoms in total. The predicted octanol–water partition coefficient (Wildman–Crippen LogP) is 2.72. The molecule has 9 heteroatoms. The number of anilines is 2.